The van der Waals surface area contributed by atoms with Gasteiger partial charge >= 0.3 is 0 Å². The van der Waals surface area contributed by atoms with E-state index in [1.54, 1.807) is 0 Å². The lowest BCUT2D eigenvalue weighted by molar-refractivity contribution is -0.139. The van der Waals surface area contributed by atoms with Gasteiger partial charge in [0.25, 0.3) is 0 Å². The van der Waals surface area contributed by atoms with Gasteiger partial charge in [-0.15, -0.1) is 0 Å². The molecular weight excluding hydrogens is 242 g/mol. The molecule has 2 aliphatic heterocycles. The fraction of sp³-hybridized carbons (Fsp3) is 0.929. The maximum atomic E-state index is 12.7. The van der Waals surface area contributed by atoms with E-state index in [1.807, 2.05) is 4.90 Å². The van der Waals surface area contributed by atoms with Crippen LogP contribution in [0.15, 0.2) is 0 Å². The summed E-state index contributed by atoms with van der Waals surface area (Å²) in [6.07, 6.45) is 2.97. The third kappa shape index (κ3) is 3.46. The molecule has 1 amide bonds. The number of nitrogens with zero attached hydrogens (tertiary/aromatic N) is 2. The van der Waals surface area contributed by atoms with Gasteiger partial charge in [0.05, 0.1) is 12.5 Å². The molecule has 2 aliphatic rings. The van der Waals surface area contributed by atoms with Crippen molar-refractivity contribution in [1.29, 1.82) is 0 Å². The molecule has 5 nitrogen and oxygen atoms in total. The molecule has 19 heavy (non-hydrogen) atoms. The Balaban J connectivity index is 2.00. The summed E-state index contributed by atoms with van der Waals surface area (Å²) in [5.41, 5.74) is 0. The van der Waals surface area contributed by atoms with E-state index < -0.39 is 0 Å². The molecule has 0 aromatic carbocycles. The number of carbonyl (C=O) groups excluding carboxylic acids is 1. The van der Waals surface area contributed by atoms with Crippen LogP contribution in [0.5, 0.6) is 0 Å². The first-order valence-corrected chi connectivity index (χ1v) is 7.46. The smallest absolute Gasteiger partial charge is 0.227 e. The molecule has 0 aliphatic carbocycles. The highest BCUT2D eigenvalue weighted by Crippen LogP contribution is 2.23. The molecule has 2 N–H and O–H groups in total. The standard InChI is InChI=1S/C14H27N3O2/c1-11-13(3-6-15-11)14(19)17(9-10-18)12-4-7-16(2)8-5-12/h11-13,15,18H,3-10H2,1-2H3. The lowest BCUT2D eigenvalue weighted by Crippen LogP contribution is -2.50. The predicted octanol–water partition coefficient (Wildman–Crippen LogP) is -0.100. The Morgan fingerprint density at radius 2 is 2.05 bits per heavy atom. The summed E-state index contributed by atoms with van der Waals surface area (Å²) in [6, 6.07) is 0.573. The molecule has 2 saturated heterocycles. The van der Waals surface area contributed by atoms with E-state index in [-0.39, 0.29) is 24.5 Å². The number of rotatable bonds is 4. The van der Waals surface area contributed by atoms with Gasteiger partial charge in [0.1, 0.15) is 0 Å². The lowest BCUT2D eigenvalue weighted by atomic mass is 9.96. The monoisotopic (exact) mass is 269 g/mol. The number of carbonyl (C=O) groups is 1. The van der Waals surface area contributed by atoms with Crippen LogP contribution in [0.1, 0.15) is 26.2 Å². The van der Waals surface area contributed by atoms with Crippen LogP contribution >= 0.6 is 0 Å². The van der Waals surface area contributed by atoms with Crippen molar-refractivity contribution in [1.82, 2.24) is 15.1 Å². The zero-order valence-corrected chi connectivity index (χ0v) is 12.1. The molecule has 2 heterocycles. The van der Waals surface area contributed by atoms with Gasteiger partial charge in [-0.05, 0) is 52.9 Å². The number of piperidine rings is 1. The van der Waals surface area contributed by atoms with E-state index in [0.717, 1.165) is 38.9 Å². The van der Waals surface area contributed by atoms with Gasteiger partial charge < -0.3 is 20.2 Å². The fourth-order valence-electron chi connectivity index (χ4n) is 3.30. The van der Waals surface area contributed by atoms with Crippen LogP contribution in [0.25, 0.3) is 0 Å². The van der Waals surface area contributed by atoms with Crippen LogP contribution in [0.4, 0.5) is 0 Å². The molecule has 0 radical (unpaired) electrons. The first-order valence-electron chi connectivity index (χ1n) is 7.46. The van der Waals surface area contributed by atoms with Gasteiger partial charge in [-0.2, -0.15) is 0 Å². The highest BCUT2D eigenvalue weighted by molar-refractivity contribution is 5.80. The molecule has 2 rings (SSSR count). The van der Waals surface area contributed by atoms with Gasteiger partial charge in [-0.1, -0.05) is 0 Å². The second kappa shape index (κ2) is 6.68. The number of hydrogen-bond donors (Lipinski definition) is 2. The minimum atomic E-state index is 0.0621. The van der Waals surface area contributed by atoms with Crippen LogP contribution < -0.4 is 5.32 Å². The largest absolute Gasteiger partial charge is 0.395 e. The Bertz CT molecular complexity index is 303. The molecule has 2 unspecified atom stereocenters. The summed E-state index contributed by atoms with van der Waals surface area (Å²) in [5.74, 6) is 0.326. The zero-order chi connectivity index (χ0) is 13.8. The van der Waals surface area contributed by atoms with Crippen molar-refractivity contribution < 1.29 is 9.90 Å². The SMILES string of the molecule is CC1NCCC1C(=O)N(CCO)C1CCN(C)CC1. The number of aliphatic hydroxyl groups is 1. The highest BCUT2D eigenvalue weighted by Gasteiger charge is 2.35. The maximum absolute atomic E-state index is 12.7. The molecule has 0 aromatic heterocycles. The van der Waals surface area contributed by atoms with Crippen molar-refractivity contribution in [3.05, 3.63) is 0 Å². The van der Waals surface area contributed by atoms with Crippen molar-refractivity contribution in [3.63, 3.8) is 0 Å². The van der Waals surface area contributed by atoms with Crippen molar-refractivity contribution in [2.45, 2.75) is 38.3 Å². The van der Waals surface area contributed by atoms with E-state index in [9.17, 15) is 9.90 Å². The van der Waals surface area contributed by atoms with Crippen molar-refractivity contribution in [2.24, 2.45) is 5.92 Å². The maximum Gasteiger partial charge on any atom is 0.227 e. The first-order chi connectivity index (χ1) is 9.13. The van der Waals surface area contributed by atoms with Gasteiger partial charge in [-0.25, -0.2) is 0 Å². The van der Waals surface area contributed by atoms with Crippen LogP contribution in [-0.2, 0) is 4.79 Å². The molecule has 5 heteroatoms. The molecule has 0 aromatic rings. The van der Waals surface area contributed by atoms with Gasteiger partial charge in [-0.3, -0.25) is 4.79 Å². The quantitative estimate of drug-likeness (QED) is 0.748. The Labute approximate surface area is 115 Å². The molecule has 110 valence electrons. The minimum Gasteiger partial charge on any atom is -0.395 e. The van der Waals surface area contributed by atoms with Crippen molar-refractivity contribution >= 4 is 5.91 Å². The van der Waals surface area contributed by atoms with E-state index in [4.69, 9.17) is 0 Å². The van der Waals surface area contributed by atoms with Crippen molar-refractivity contribution in [2.75, 3.05) is 39.8 Å². The summed E-state index contributed by atoms with van der Waals surface area (Å²) in [5, 5.41) is 12.6. The van der Waals surface area contributed by atoms with Gasteiger partial charge in [0.15, 0.2) is 0 Å². The van der Waals surface area contributed by atoms with E-state index >= 15 is 0 Å². The van der Waals surface area contributed by atoms with E-state index in [1.165, 1.54) is 0 Å². The number of amides is 1. The Morgan fingerprint density at radius 3 is 2.58 bits per heavy atom. The Morgan fingerprint density at radius 1 is 1.37 bits per heavy atom. The first kappa shape index (κ1) is 14.8. The second-order valence-corrected chi connectivity index (χ2v) is 5.93. The topological polar surface area (TPSA) is 55.8 Å². The normalized spacial score (nSPS) is 29.6. The number of aliphatic hydroxyl groups excluding tert-OH is 1. The number of nitrogens with one attached hydrogen (secondary N) is 1. The van der Waals surface area contributed by atoms with Crippen molar-refractivity contribution in [3.8, 4) is 0 Å². The van der Waals surface area contributed by atoms with E-state index in [2.05, 4.69) is 24.2 Å². The zero-order valence-electron chi connectivity index (χ0n) is 12.1. The predicted molar refractivity (Wildman–Crippen MR) is 74.9 cm³/mol. The van der Waals surface area contributed by atoms with Crippen LogP contribution in [-0.4, -0.2) is 72.7 Å². The average Bonchev–Trinajstić information content (AvgIpc) is 2.83. The summed E-state index contributed by atoms with van der Waals surface area (Å²) >= 11 is 0. The van der Waals surface area contributed by atoms with Crippen LogP contribution in [0, 0.1) is 5.92 Å². The third-order valence-corrected chi connectivity index (χ3v) is 4.60. The molecular formula is C14H27N3O2. The molecule has 2 fully saturated rings. The third-order valence-electron chi connectivity index (χ3n) is 4.60. The minimum absolute atomic E-state index is 0.0621. The summed E-state index contributed by atoms with van der Waals surface area (Å²) < 4.78 is 0. The van der Waals surface area contributed by atoms with Gasteiger partial charge in [0.2, 0.25) is 5.91 Å². The van der Waals surface area contributed by atoms with Gasteiger partial charge in [0, 0.05) is 18.6 Å². The highest BCUT2D eigenvalue weighted by atomic mass is 16.3. The summed E-state index contributed by atoms with van der Waals surface area (Å²) in [7, 11) is 2.12. The molecule has 2 atom stereocenters. The Hall–Kier alpha value is -0.650. The van der Waals surface area contributed by atoms with Crippen LogP contribution in [0.2, 0.25) is 0 Å². The second-order valence-electron chi connectivity index (χ2n) is 5.93. The lowest BCUT2D eigenvalue weighted by Gasteiger charge is -2.38. The summed E-state index contributed by atoms with van der Waals surface area (Å²) in [4.78, 5) is 16.9. The molecule has 0 bridgehead atoms. The van der Waals surface area contributed by atoms with Crippen LogP contribution in [0.3, 0.4) is 0 Å². The Kier molecular flexibility index (Phi) is 5.19. The number of likely N-dealkylation sites (tertiary alicyclic amines) is 1. The number of hydrogen-bond acceptors (Lipinski definition) is 4. The fourth-order valence-corrected chi connectivity index (χ4v) is 3.30. The average molecular weight is 269 g/mol. The molecule has 0 spiro atoms. The summed E-state index contributed by atoms with van der Waals surface area (Å²) in [6.45, 7) is 5.64. The molecule has 0 saturated carbocycles. The van der Waals surface area contributed by atoms with E-state index in [0.29, 0.717) is 12.6 Å².